The maximum absolute atomic E-state index is 12.7. The van der Waals surface area contributed by atoms with Crippen molar-refractivity contribution in [3.63, 3.8) is 0 Å². The second-order valence-corrected chi connectivity index (χ2v) is 7.10. The van der Waals surface area contributed by atoms with E-state index in [-0.39, 0.29) is 24.4 Å². The minimum absolute atomic E-state index is 0. The van der Waals surface area contributed by atoms with E-state index in [2.05, 4.69) is 15.7 Å². The third-order valence-corrected chi connectivity index (χ3v) is 5.24. The predicted molar refractivity (Wildman–Crippen MR) is 107 cm³/mol. The molecule has 1 amide bonds. The molecule has 1 aromatic carbocycles. The van der Waals surface area contributed by atoms with Gasteiger partial charge in [-0.15, -0.1) is 23.7 Å². The van der Waals surface area contributed by atoms with Crippen LogP contribution in [0.1, 0.15) is 23.3 Å². The van der Waals surface area contributed by atoms with Gasteiger partial charge in [-0.3, -0.25) is 4.79 Å². The predicted octanol–water partition coefficient (Wildman–Crippen LogP) is 3.50. The van der Waals surface area contributed by atoms with Gasteiger partial charge in [-0.1, -0.05) is 24.3 Å². The largest absolute Gasteiger partial charge is 0.347 e. The number of nitrogens with one attached hydrogen (secondary N) is 2. The van der Waals surface area contributed by atoms with Crippen LogP contribution in [0.3, 0.4) is 0 Å². The number of benzene rings is 1. The van der Waals surface area contributed by atoms with Gasteiger partial charge in [-0.25, -0.2) is 4.68 Å². The van der Waals surface area contributed by atoms with Crippen molar-refractivity contribution >= 4 is 29.7 Å². The summed E-state index contributed by atoms with van der Waals surface area (Å²) in [6.07, 6.45) is 2.10. The number of carbonyl (C=O) groups excluding carboxylic acids is 1. The lowest BCUT2D eigenvalue weighted by molar-refractivity contribution is 0.0925. The molecule has 5 nitrogen and oxygen atoms in total. The topological polar surface area (TPSA) is 59.0 Å². The van der Waals surface area contributed by atoms with Crippen LogP contribution in [0.2, 0.25) is 0 Å². The van der Waals surface area contributed by atoms with Crippen molar-refractivity contribution in [1.29, 1.82) is 0 Å². The number of piperidine rings is 1. The van der Waals surface area contributed by atoms with Crippen LogP contribution in [0.15, 0.2) is 53.9 Å². The second kappa shape index (κ2) is 8.49. The van der Waals surface area contributed by atoms with Crippen LogP contribution in [-0.2, 0) is 0 Å². The second-order valence-electron chi connectivity index (χ2n) is 6.16. The van der Waals surface area contributed by atoms with Crippen LogP contribution in [-0.4, -0.2) is 34.8 Å². The molecule has 0 aliphatic carbocycles. The van der Waals surface area contributed by atoms with Crippen LogP contribution in [0.5, 0.6) is 0 Å². The number of amides is 1. The summed E-state index contributed by atoms with van der Waals surface area (Å²) < 4.78 is 1.85. The molecule has 1 aliphatic heterocycles. The van der Waals surface area contributed by atoms with Crippen LogP contribution >= 0.6 is 23.7 Å². The molecule has 136 valence electrons. The van der Waals surface area contributed by atoms with Crippen LogP contribution < -0.4 is 10.6 Å². The number of aromatic nitrogens is 2. The molecular weight excluding hydrogens is 368 g/mol. The highest BCUT2D eigenvalue weighted by atomic mass is 35.5. The Morgan fingerprint density at radius 2 is 2.08 bits per heavy atom. The summed E-state index contributed by atoms with van der Waals surface area (Å²) in [4.78, 5) is 13.8. The number of thiophene rings is 1. The fraction of sp³-hybridized carbons (Fsp3) is 0.263. The average Bonchev–Trinajstić information content (AvgIpc) is 3.33. The van der Waals surface area contributed by atoms with Crippen molar-refractivity contribution < 1.29 is 4.79 Å². The lowest BCUT2D eigenvalue weighted by atomic mass is 10.1. The molecule has 0 radical (unpaired) electrons. The molecule has 1 aliphatic rings. The molecule has 3 heterocycles. The molecule has 4 rings (SSSR count). The van der Waals surface area contributed by atoms with Crippen LogP contribution in [0, 0.1) is 0 Å². The highest BCUT2D eigenvalue weighted by molar-refractivity contribution is 7.13. The number of rotatable bonds is 4. The van der Waals surface area contributed by atoms with Crippen molar-refractivity contribution in [2.45, 2.75) is 18.9 Å². The Hall–Kier alpha value is -2.15. The molecule has 1 atom stereocenters. The zero-order valence-electron chi connectivity index (χ0n) is 14.2. The molecule has 3 aromatic rings. The maximum Gasteiger partial charge on any atom is 0.272 e. The number of para-hydroxylation sites is 1. The van der Waals surface area contributed by atoms with Crippen molar-refractivity contribution in [2.75, 3.05) is 13.1 Å². The lowest BCUT2D eigenvalue weighted by Crippen LogP contribution is -2.45. The fourth-order valence-corrected chi connectivity index (χ4v) is 3.82. The van der Waals surface area contributed by atoms with E-state index in [1.54, 1.807) is 11.3 Å². The first-order valence-corrected chi connectivity index (χ1v) is 9.40. The van der Waals surface area contributed by atoms with E-state index in [1.807, 2.05) is 58.6 Å². The quantitative estimate of drug-likeness (QED) is 0.719. The Kier molecular flexibility index (Phi) is 6.08. The normalized spacial score (nSPS) is 16.7. The van der Waals surface area contributed by atoms with Crippen LogP contribution in [0.25, 0.3) is 16.3 Å². The number of carbonyl (C=O) groups is 1. The smallest absolute Gasteiger partial charge is 0.272 e. The van der Waals surface area contributed by atoms with Gasteiger partial charge in [0.2, 0.25) is 0 Å². The molecule has 0 unspecified atom stereocenters. The van der Waals surface area contributed by atoms with E-state index in [4.69, 9.17) is 0 Å². The summed E-state index contributed by atoms with van der Waals surface area (Å²) in [7, 11) is 0. The molecule has 1 fully saturated rings. The molecule has 7 heteroatoms. The molecule has 1 saturated heterocycles. The van der Waals surface area contributed by atoms with Gasteiger partial charge in [0.15, 0.2) is 5.69 Å². The minimum atomic E-state index is -0.110. The molecule has 26 heavy (non-hydrogen) atoms. The third kappa shape index (κ3) is 3.98. The number of hydrogen-bond acceptors (Lipinski definition) is 4. The Morgan fingerprint density at radius 3 is 2.77 bits per heavy atom. The zero-order valence-corrected chi connectivity index (χ0v) is 15.9. The standard InChI is InChI=1S/C19H20N4OS.ClH/c24-19(21-14-6-4-10-20-13-14)16-12-17(18-9-5-11-25-18)23(22-16)15-7-2-1-3-8-15;/h1-3,5,7-9,11-12,14,20H,4,6,10,13H2,(H,21,24);1H/t14-;/m0./s1. The van der Waals surface area contributed by atoms with E-state index in [1.165, 1.54) is 0 Å². The highest BCUT2D eigenvalue weighted by Gasteiger charge is 2.21. The van der Waals surface area contributed by atoms with E-state index < -0.39 is 0 Å². The van der Waals surface area contributed by atoms with Crippen molar-refractivity contribution in [1.82, 2.24) is 20.4 Å². The van der Waals surface area contributed by atoms with Gasteiger partial charge in [0.05, 0.1) is 16.3 Å². The molecular formula is C19H21ClN4OS. The summed E-state index contributed by atoms with van der Waals surface area (Å²) in [5.74, 6) is -0.110. The van der Waals surface area contributed by atoms with Gasteiger partial charge in [0.1, 0.15) is 0 Å². The van der Waals surface area contributed by atoms with Gasteiger partial charge in [-0.05, 0) is 49.0 Å². The van der Waals surface area contributed by atoms with Crippen LogP contribution in [0.4, 0.5) is 0 Å². The molecule has 2 N–H and O–H groups in total. The van der Waals surface area contributed by atoms with E-state index >= 15 is 0 Å². The summed E-state index contributed by atoms with van der Waals surface area (Å²) in [5.41, 5.74) is 2.34. The summed E-state index contributed by atoms with van der Waals surface area (Å²) >= 11 is 1.64. The first kappa shape index (κ1) is 18.6. The third-order valence-electron chi connectivity index (χ3n) is 4.35. The Bertz CT molecular complexity index is 842. The Morgan fingerprint density at radius 1 is 1.23 bits per heavy atom. The van der Waals surface area contributed by atoms with Gasteiger partial charge < -0.3 is 10.6 Å². The SMILES string of the molecule is Cl.O=C(N[C@H]1CCCNC1)c1cc(-c2cccs2)n(-c2ccccc2)n1. The summed E-state index contributed by atoms with van der Waals surface area (Å²) in [6, 6.07) is 16.0. The van der Waals surface area contributed by atoms with Gasteiger partial charge in [0.25, 0.3) is 5.91 Å². The molecule has 0 spiro atoms. The first-order valence-electron chi connectivity index (χ1n) is 8.52. The molecule has 0 saturated carbocycles. The van der Waals surface area contributed by atoms with Crippen molar-refractivity contribution in [3.05, 3.63) is 59.6 Å². The fourth-order valence-electron chi connectivity index (χ4n) is 3.09. The summed E-state index contributed by atoms with van der Waals surface area (Å²) in [5, 5.41) is 13.0. The average molecular weight is 389 g/mol. The number of halogens is 1. The monoisotopic (exact) mass is 388 g/mol. The Balaban J connectivity index is 0.00000196. The van der Waals surface area contributed by atoms with E-state index in [0.717, 1.165) is 42.2 Å². The zero-order chi connectivity index (χ0) is 17.1. The number of nitrogens with zero attached hydrogens (tertiary/aromatic N) is 2. The van der Waals surface area contributed by atoms with E-state index in [9.17, 15) is 4.79 Å². The lowest BCUT2D eigenvalue weighted by Gasteiger charge is -2.23. The van der Waals surface area contributed by atoms with E-state index in [0.29, 0.717) is 5.69 Å². The van der Waals surface area contributed by atoms with Crippen molar-refractivity contribution in [3.8, 4) is 16.3 Å². The van der Waals surface area contributed by atoms with Gasteiger partial charge in [-0.2, -0.15) is 5.10 Å². The number of hydrogen-bond donors (Lipinski definition) is 2. The highest BCUT2D eigenvalue weighted by Crippen LogP contribution is 2.28. The first-order chi connectivity index (χ1) is 12.3. The Labute approximate surface area is 162 Å². The van der Waals surface area contributed by atoms with Gasteiger partial charge in [0, 0.05) is 12.6 Å². The molecule has 0 bridgehead atoms. The minimum Gasteiger partial charge on any atom is -0.347 e. The summed E-state index contributed by atoms with van der Waals surface area (Å²) in [6.45, 7) is 1.85. The van der Waals surface area contributed by atoms with Gasteiger partial charge >= 0.3 is 0 Å². The van der Waals surface area contributed by atoms with Crippen molar-refractivity contribution in [2.24, 2.45) is 0 Å². The maximum atomic E-state index is 12.7. The molecule has 2 aromatic heterocycles.